The number of hydrogen-bond acceptors (Lipinski definition) is 4. The molecule has 1 N–H and O–H groups in total. The highest BCUT2D eigenvalue weighted by molar-refractivity contribution is 5.84. The molecule has 0 aliphatic heterocycles. The van der Waals surface area contributed by atoms with Crippen molar-refractivity contribution in [1.29, 1.82) is 0 Å². The van der Waals surface area contributed by atoms with E-state index in [4.69, 9.17) is 9.47 Å². The summed E-state index contributed by atoms with van der Waals surface area (Å²) in [7, 11) is 4.85. The summed E-state index contributed by atoms with van der Waals surface area (Å²) in [6.45, 7) is 6.31. The zero-order valence-electron chi connectivity index (χ0n) is 17.6. The van der Waals surface area contributed by atoms with Gasteiger partial charge in [0.2, 0.25) is 5.91 Å². The van der Waals surface area contributed by atoms with Gasteiger partial charge in [-0.25, -0.2) is 0 Å². The molecule has 28 heavy (non-hydrogen) atoms. The molecule has 0 saturated heterocycles. The first-order chi connectivity index (χ1) is 13.3. The van der Waals surface area contributed by atoms with Crippen molar-refractivity contribution < 1.29 is 19.4 Å². The number of benzene rings is 2. The minimum Gasteiger partial charge on any atom is -0.493 e. The van der Waals surface area contributed by atoms with Crippen LogP contribution in [0, 0.1) is 12.8 Å². The molecule has 0 fully saturated rings. The number of hydrogen-bond donors (Lipinski definition) is 1. The molecule has 0 aliphatic rings. The quantitative estimate of drug-likeness (QED) is 0.748. The second-order valence-electron chi connectivity index (χ2n) is 7.48. The molecule has 0 heterocycles. The minimum absolute atomic E-state index is 0.00150. The Morgan fingerprint density at radius 3 is 2.11 bits per heavy atom. The van der Waals surface area contributed by atoms with E-state index < -0.39 is 6.10 Å². The summed E-state index contributed by atoms with van der Waals surface area (Å²) in [6, 6.07) is 13.3. The first kappa shape index (κ1) is 21.8. The van der Waals surface area contributed by atoms with Gasteiger partial charge in [-0.2, -0.15) is 0 Å². The van der Waals surface area contributed by atoms with Gasteiger partial charge < -0.3 is 19.5 Å². The fraction of sp³-hybridized carbons (Fsp3) is 0.435. The SMILES string of the molecule is COc1ccc(C(O)CN(C)C(=O)C(c2ccc(C)cc2)C(C)C)cc1OC. The highest BCUT2D eigenvalue weighted by atomic mass is 16.5. The Labute approximate surface area is 167 Å². The molecule has 0 aliphatic carbocycles. The topological polar surface area (TPSA) is 59.0 Å². The van der Waals surface area contributed by atoms with E-state index >= 15 is 0 Å². The van der Waals surface area contributed by atoms with Crippen molar-refractivity contribution in [3.05, 3.63) is 59.2 Å². The molecule has 2 aromatic rings. The highest BCUT2D eigenvalue weighted by Crippen LogP contribution is 2.31. The summed E-state index contributed by atoms with van der Waals surface area (Å²) in [4.78, 5) is 14.7. The molecule has 2 unspecified atom stereocenters. The van der Waals surface area contributed by atoms with Crippen LogP contribution in [0.3, 0.4) is 0 Å². The van der Waals surface area contributed by atoms with Crippen LogP contribution in [0.15, 0.2) is 42.5 Å². The number of aryl methyl sites for hydroxylation is 1. The molecule has 2 rings (SSSR count). The molecule has 2 aromatic carbocycles. The van der Waals surface area contributed by atoms with E-state index in [9.17, 15) is 9.90 Å². The molecule has 5 heteroatoms. The van der Waals surface area contributed by atoms with Gasteiger partial charge in [-0.3, -0.25) is 4.79 Å². The molecule has 5 nitrogen and oxygen atoms in total. The zero-order chi connectivity index (χ0) is 20.8. The van der Waals surface area contributed by atoms with Gasteiger partial charge in [0.25, 0.3) is 0 Å². The van der Waals surface area contributed by atoms with Crippen LogP contribution in [-0.2, 0) is 4.79 Å². The van der Waals surface area contributed by atoms with E-state index in [1.807, 2.05) is 45.0 Å². The summed E-state index contributed by atoms with van der Waals surface area (Å²) < 4.78 is 10.5. The first-order valence-electron chi connectivity index (χ1n) is 9.50. The molecular formula is C23H31NO4. The normalized spacial score (nSPS) is 13.1. The number of methoxy groups -OCH3 is 2. The molecule has 2 atom stereocenters. The van der Waals surface area contributed by atoms with Crippen LogP contribution in [-0.4, -0.2) is 43.7 Å². The third-order valence-corrected chi connectivity index (χ3v) is 4.98. The summed E-state index contributed by atoms with van der Waals surface area (Å²) in [5, 5.41) is 10.7. The predicted octanol–water partition coefficient (Wildman–Crippen LogP) is 3.94. The van der Waals surface area contributed by atoms with Gasteiger partial charge in [0.05, 0.1) is 32.8 Å². The van der Waals surface area contributed by atoms with Crippen molar-refractivity contribution in [2.24, 2.45) is 5.92 Å². The second-order valence-corrected chi connectivity index (χ2v) is 7.48. The smallest absolute Gasteiger partial charge is 0.230 e. The Morgan fingerprint density at radius 1 is 1.00 bits per heavy atom. The average Bonchev–Trinajstić information content (AvgIpc) is 2.68. The van der Waals surface area contributed by atoms with Gasteiger partial charge in [-0.15, -0.1) is 0 Å². The van der Waals surface area contributed by atoms with Crippen molar-refractivity contribution in [2.75, 3.05) is 27.8 Å². The summed E-state index contributed by atoms with van der Waals surface area (Å²) >= 11 is 0. The average molecular weight is 386 g/mol. The van der Waals surface area contributed by atoms with Crippen LogP contribution in [0.2, 0.25) is 0 Å². The van der Waals surface area contributed by atoms with Crippen LogP contribution in [0.4, 0.5) is 0 Å². The van der Waals surface area contributed by atoms with Crippen LogP contribution in [0.5, 0.6) is 11.5 Å². The lowest BCUT2D eigenvalue weighted by atomic mass is 9.86. The van der Waals surface area contributed by atoms with Crippen LogP contribution in [0.1, 0.15) is 42.6 Å². The van der Waals surface area contributed by atoms with Gasteiger partial charge in [-0.05, 0) is 36.1 Å². The molecular weight excluding hydrogens is 354 g/mol. The number of carbonyl (C=O) groups is 1. The Kier molecular flexibility index (Phi) is 7.46. The number of aliphatic hydroxyl groups is 1. The fourth-order valence-electron chi connectivity index (χ4n) is 3.34. The van der Waals surface area contributed by atoms with Crippen molar-refractivity contribution in [3.63, 3.8) is 0 Å². The lowest BCUT2D eigenvalue weighted by Gasteiger charge is -2.28. The second kappa shape index (κ2) is 9.60. The standard InChI is InChI=1S/C23H31NO4/c1-15(2)22(17-9-7-16(3)8-10-17)23(26)24(4)14-19(25)18-11-12-20(27-5)21(13-18)28-6/h7-13,15,19,22,25H,14H2,1-6H3. The summed E-state index contributed by atoms with van der Waals surface area (Å²) in [5.74, 6) is 1.05. The van der Waals surface area contributed by atoms with Gasteiger partial charge in [0.1, 0.15) is 0 Å². The Morgan fingerprint density at radius 2 is 1.57 bits per heavy atom. The summed E-state index contributed by atoms with van der Waals surface area (Å²) in [5.41, 5.74) is 2.84. The number of likely N-dealkylation sites (N-methyl/N-ethyl adjacent to an activating group) is 1. The third-order valence-electron chi connectivity index (χ3n) is 4.98. The van der Waals surface area contributed by atoms with E-state index in [1.54, 1.807) is 44.4 Å². The number of amides is 1. The highest BCUT2D eigenvalue weighted by Gasteiger charge is 2.28. The van der Waals surface area contributed by atoms with E-state index in [2.05, 4.69) is 0 Å². The summed E-state index contributed by atoms with van der Waals surface area (Å²) in [6.07, 6.45) is -0.820. The largest absolute Gasteiger partial charge is 0.493 e. The van der Waals surface area contributed by atoms with Gasteiger partial charge in [-0.1, -0.05) is 49.7 Å². The molecule has 0 radical (unpaired) electrons. The maximum absolute atomic E-state index is 13.1. The van der Waals surface area contributed by atoms with Crippen molar-refractivity contribution in [1.82, 2.24) is 4.90 Å². The zero-order valence-corrected chi connectivity index (χ0v) is 17.6. The number of aliphatic hydroxyl groups excluding tert-OH is 1. The number of carbonyl (C=O) groups excluding carboxylic acids is 1. The fourth-order valence-corrected chi connectivity index (χ4v) is 3.34. The Hall–Kier alpha value is -2.53. The molecule has 0 saturated carbocycles. The van der Waals surface area contributed by atoms with Crippen LogP contribution in [0.25, 0.3) is 0 Å². The molecule has 1 amide bonds. The van der Waals surface area contributed by atoms with Gasteiger partial charge >= 0.3 is 0 Å². The van der Waals surface area contributed by atoms with E-state index in [-0.39, 0.29) is 24.3 Å². The van der Waals surface area contributed by atoms with E-state index in [1.165, 1.54) is 0 Å². The minimum atomic E-state index is -0.820. The van der Waals surface area contributed by atoms with Crippen molar-refractivity contribution in [2.45, 2.75) is 32.8 Å². The van der Waals surface area contributed by atoms with Crippen molar-refractivity contribution in [3.8, 4) is 11.5 Å². The number of rotatable bonds is 8. The maximum Gasteiger partial charge on any atom is 0.230 e. The lowest BCUT2D eigenvalue weighted by molar-refractivity contribution is -0.133. The third kappa shape index (κ3) is 5.04. The molecule has 0 aromatic heterocycles. The van der Waals surface area contributed by atoms with Gasteiger partial charge in [0, 0.05) is 7.05 Å². The predicted molar refractivity (Wildman–Crippen MR) is 111 cm³/mol. The Bertz CT molecular complexity index is 786. The van der Waals surface area contributed by atoms with E-state index in [0.29, 0.717) is 17.1 Å². The molecule has 0 spiro atoms. The maximum atomic E-state index is 13.1. The Balaban J connectivity index is 2.16. The number of ether oxygens (including phenoxy) is 2. The van der Waals surface area contributed by atoms with Crippen LogP contribution < -0.4 is 9.47 Å². The van der Waals surface area contributed by atoms with E-state index in [0.717, 1.165) is 11.1 Å². The number of nitrogens with zero attached hydrogens (tertiary/aromatic N) is 1. The monoisotopic (exact) mass is 385 g/mol. The molecule has 152 valence electrons. The van der Waals surface area contributed by atoms with Gasteiger partial charge in [0.15, 0.2) is 11.5 Å². The van der Waals surface area contributed by atoms with Crippen LogP contribution >= 0.6 is 0 Å². The first-order valence-corrected chi connectivity index (χ1v) is 9.50. The lowest BCUT2D eigenvalue weighted by Crippen LogP contribution is -2.36. The molecule has 0 bridgehead atoms. The van der Waals surface area contributed by atoms with Crippen molar-refractivity contribution >= 4 is 5.91 Å².